The monoisotopic (exact) mass is 268 g/mol. The third-order valence-corrected chi connectivity index (χ3v) is 4.27. The van der Waals surface area contributed by atoms with Gasteiger partial charge in [0.25, 0.3) is 5.91 Å². The van der Waals surface area contributed by atoms with Gasteiger partial charge in [0.15, 0.2) is 0 Å². The molecule has 0 saturated heterocycles. The molecule has 3 N–H and O–H groups in total. The van der Waals surface area contributed by atoms with E-state index in [2.05, 4.69) is 10.6 Å². The fourth-order valence-corrected chi connectivity index (χ4v) is 2.67. The van der Waals surface area contributed by atoms with Gasteiger partial charge in [-0.05, 0) is 44.9 Å². The molecular formula is C14H24N2O3. The van der Waals surface area contributed by atoms with E-state index in [1.54, 1.807) is 0 Å². The first-order chi connectivity index (χ1) is 9.12. The summed E-state index contributed by atoms with van der Waals surface area (Å²) in [7, 11) is 0. The summed E-state index contributed by atoms with van der Waals surface area (Å²) in [6.07, 6.45) is 6.86. The van der Waals surface area contributed by atoms with E-state index in [1.165, 1.54) is 0 Å². The summed E-state index contributed by atoms with van der Waals surface area (Å²) in [6, 6.07) is 0. The molecule has 2 amide bonds. The third-order valence-electron chi connectivity index (χ3n) is 4.27. The third kappa shape index (κ3) is 3.69. The maximum absolute atomic E-state index is 11.8. The van der Waals surface area contributed by atoms with E-state index in [4.69, 9.17) is 0 Å². The SMILES string of the molecule is O=C(NCCCNC(=O)C1(O)CCCC1)C1CCC1. The van der Waals surface area contributed by atoms with Crippen molar-refractivity contribution in [3.05, 3.63) is 0 Å². The Morgan fingerprint density at radius 3 is 2.26 bits per heavy atom. The molecule has 2 saturated carbocycles. The van der Waals surface area contributed by atoms with E-state index in [0.29, 0.717) is 32.4 Å². The van der Waals surface area contributed by atoms with Gasteiger partial charge < -0.3 is 15.7 Å². The smallest absolute Gasteiger partial charge is 0.251 e. The van der Waals surface area contributed by atoms with Gasteiger partial charge >= 0.3 is 0 Å². The first kappa shape index (κ1) is 14.3. The minimum absolute atomic E-state index is 0.145. The fraction of sp³-hybridized carbons (Fsp3) is 0.857. The lowest BCUT2D eigenvalue weighted by Crippen LogP contribution is -2.45. The van der Waals surface area contributed by atoms with Crippen LogP contribution in [0.2, 0.25) is 0 Å². The van der Waals surface area contributed by atoms with Crippen LogP contribution in [0, 0.1) is 5.92 Å². The van der Waals surface area contributed by atoms with Crippen LogP contribution in [0.4, 0.5) is 0 Å². The molecular weight excluding hydrogens is 244 g/mol. The molecule has 19 heavy (non-hydrogen) atoms. The zero-order chi connectivity index (χ0) is 13.7. The Balaban J connectivity index is 1.54. The molecule has 0 atom stereocenters. The second kappa shape index (κ2) is 6.37. The van der Waals surface area contributed by atoms with Crippen molar-refractivity contribution in [2.24, 2.45) is 5.92 Å². The van der Waals surface area contributed by atoms with Crippen LogP contribution in [-0.2, 0) is 9.59 Å². The van der Waals surface area contributed by atoms with Gasteiger partial charge in [0.2, 0.25) is 5.91 Å². The molecule has 0 unspecified atom stereocenters. The predicted molar refractivity (Wildman–Crippen MR) is 71.4 cm³/mol. The molecule has 0 heterocycles. The number of nitrogens with one attached hydrogen (secondary N) is 2. The molecule has 5 heteroatoms. The average Bonchev–Trinajstić information content (AvgIpc) is 2.74. The van der Waals surface area contributed by atoms with Crippen LogP contribution in [0.1, 0.15) is 51.4 Å². The molecule has 2 aliphatic carbocycles. The van der Waals surface area contributed by atoms with Gasteiger partial charge in [0.1, 0.15) is 5.60 Å². The molecule has 5 nitrogen and oxygen atoms in total. The van der Waals surface area contributed by atoms with Crippen molar-refractivity contribution in [2.75, 3.05) is 13.1 Å². The number of rotatable bonds is 6. The number of carbonyl (C=O) groups excluding carboxylic acids is 2. The Bertz CT molecular complexity index is 334. The molecule has 0 aromatic heterocycles. The highest BCUT2D eigenvalue weighted by molar-refractivity contribution is 5.85. The molecule has 0 aliphatic heterocycles. The molecule has 0 radical (unpaired) electrons. The summed E-state index contributed by atoms with van der Waals surface area (Å²) in [5.41, 5.74) is -1.14. The molecule has 0 aromatic rings. The van der Waals surface area contributed by atoms with Crippen LogP contribution in [0.25, 0.3) is 0 Å². The lowest BCUT2D eigenvalue weighted by atomic mass is 9.85. The van der Waals surface area contributed by atoms with E-state index in [1.807, 2.05) is 0 Å². The summed E-state index contributed by atoms with van der Waals surface area (Å²) in [5.74, 6) is 0.108. The topological polar surface area (TPSA) is 78.4 Å². The Kier molecular flexibility index (Phi) is 4.80. The van der Waals surface area contributed by atoms with Crippen LogP contribution in [0.15, 0.2) is 0 Å². The second-order valence-corrected chi connectivity index (χ2v) is 5.77. The molecule has 0 aromatic carbocycles. The van der Waals surface area contributed by atoms with Gasteiger partial charge in [-0.25, -0.2) is 0 Å². The molecule has 0 spiro atoms. The van der Waals surface area contributed by atoms with Gasteiger partial charge in [-0.3, -0.25) is 9.59 Å². The van der Waals surface area contributed by atoms with E-state index in [0.717, 1.165) is 32.1 Å². The highest BCUT2D eigenvalue weighted by Crippen LogP contribution is 2.29. The van der Waals surface area contributed by atoms with E-state index >= 15 is 0 Å². The van der Waals surface area contributed by atoms with E-state index in [9.17, 15) is 14.7 Å². The second-order valence-electron chi connectivity index (χ2n) is 5.77. The molecule has 108 valence electrons. The Labute approximate surface area is 114 Å². The van der Waals surface area contributed by atoms with Crippen molar-refractivity contribution in [2.45, 2.75) is 57.0 Å². The summed E-state index contributed by atoms with van der Waals surface area (Å²) >= 11 is 0. The summed E-state index contributed by atoms with van der Waals surface area (Å²) in [4.78, 5) is 23.3. The molecule has 2 fully saturated rings. The maximum Gasteiger partial charge on any atom is 0.251 e. The van der Waals surface area contributed by atoms with Crippen molar-refractivity contribution in [1.29, 1.82) is 0 Å². The standard InChI is InChI=1S/C14H24N2O3/c17-12(11-5-3-6-11)15-9-4-10-16-13(18)14(19)7-1-2-8-14/h11,19H,1-10H2,(H,15,17)(H,16,18). The minimum Gasteiger partial charge on any atom is -0.380 e. The normalized spacial score (nSPS) is 21.7. The lowest BCUT2D eigenvalue weighted by molar-refractivity contribution is -0.139. The number of hydrogen-bond acceptors (Lipinski definition) is 3. The number of hydrogen-bond donors (Lipinski definition) is 3. The van der Waals surface area contributed by atoms with Crippen LogP contribution in [0.5, 0.6) is 0 Å². The van der Waals surface area contributed by atoms with Crippen molar-refractivity contribution in [3.8, 4) is 0 Å². The zero-order valence-corrected chi connectivity index (χ0v) is 11.4. The van der Waals surface area contributed by atoms with Crippen LogP contribution in [-0.4, -0.2) is 35.6 Å². The highest BCUT2D eigenvalue weighted by atomic mass is 16.3. The average molecular weight is 268 g/mol. The fourth-order valence-electron chi connectivity index (χ4n) is 2.67. The molecule has 2 rings (SSSR count). The summed E-state index contributed by atoms with van der Waals surface area (Å²) < 4.78 is 0. The lowest BCUT2D eigenvalue weighted by Gasteiger charge is -2.24. The van der Waals surface area contributed by atoms with Crippen molar-refractivity contribution in [3.63, 3.8) is 0 Å². The van der Waals surface area contributed by atoms with Crippen molar-refractivity contribution >= 4 is 11.8 Å². The first-order valence-corrected chi connectivity index (χ1v) is 7.40. The van der Waals surface area contributed by atoms with Gasteiger partial charge in [0, 0.05) is 19.0 Å². The largest absolute Gasteiger partial charge is 0.380 e. The van der Waals surface area contributed by atoms with Gasteiger partial charge in [-0.1, -0.05) is 6.42 Å². The van der Waals surface area contributed by atoms with Crippen molar-refractivity contribution < 1.29 is 14.7 Å². The summed E-state index contributed by atoms with van der Waals surface area (Å²) in [5, 5.41) is 15.7. The number of aliphatic hydroxyl groups is 1. The number of amides is 2. The first-order valence-electron chi connectivity index (χ1n) is 7.40. The van der Waals surface area contributed by atoms with Crippen LogP contribution < -0.4 is 10.6 Å². The van der Waals surface area contributed by atoms with Gasteiger partial charge in [-0.2, -0.15) is 0 Å². The highest BCUT2D eigenvalue weighted by Gasteiger charge is 2.38. The quantitative estimate of drug-likeness (QED) is 0.621. The summed E-state index contributed by atoms with van der Waals surface area (Å²) in [6.45, 7) is 1.10. The maximum atomic E-state index is 11.8. The van der Waals surface area contributed by atoms with Crippen LogP contribution in [0.3, 0.4) is 0 Å². The van der Waals surface area contributed by atoms with Gasteiger partial charge in [-0.15, -0.1) is 0 Å². The molecule has 0 bridgehead atoms. The predicted octanol–water partition coefficient (Wildman–Crippen LogP) is 0.714. The minimum atomic E-state index is -1.14. The number of carbonyl (C=O) groups is 2. The Morgan fingerprint density at radius 2 is 1.68 bits per heavy atom. The van der Waals surface area contributed by atoms with E-state index < -0.39 is 5.60 Å². The van der Waals surface area contributed by atoms with Crippen molar-refractivity contribution in [1.82, 2.24) is 10.6 Å². The molecule has 2 aliphatic rings. The van der Waals surface area contributed by atoms with Crippen LogP contribution >= 0.6 is 0 Å². The van der Waals surface area contributed by atoms with Gasteiger partial charge in [0.05, 0.1) is 0 Å². The zero-order valence-electron chi connectivity index (χ0n) is 11.4. The Hall–Kier alpha value is -1.10. The Morgan fingerprint density at radius 1 is 1.05 bits per heavy atom. The van der Waals surface area contributed by atoms with E-state index in [-0.39, 0.29) is 17.7 Å².